The van der Waals surface area contributed by atoms with Crippen LogP contribution in [0.1, 0.15) is 49.5 Å². The molecule has 0 radical (unpaired) electrons. The highest BCUT2D eigenvalue weighted by Gasteiger charge is 2.27. The molecule has 3 heterocycles. The van der Waals surface area contributed by atoms with Gasteiger partial charge in [-0.2, -0.15) is 9.78 Å². The van der Waals surface area contributed by atoms with E-state index >= 15 is 0 Å². The first kappa shape index (κ1) is 14.7. The summed E-state index contributed by atoms with van der Waals surface area (Å²) in [4.78, 5) is 15.0. The molecule has 1 fully saturated rings. The molecule has 122 valence electrons. The molecule has 0 unspecified atom stereocenters. The number of benzene rings is 1. The van der Waals surface area contributed by atoms with Gasteiger partial charge in [0.25, 0.3) is 0 Å². The number of hydrogen-bond donors (Lipinski definition) is 0. The van der Waals surface area contributed by atoms with Gasteiger partial charge in [0.05, 0.1) is 6.67 Å². The molecule has 2 aliphatic rings. The summed E-state index contributed by atoms with van der Waals surface area (Å²) in [5.41, 5.74) is 1.42. The lowest BCUT2D eigenvalue weighted by molar-refractivity contribution is 0.187. The van der Waals surface area contributed by atoms with Gasteiger partial charge in [-0.25, -0.2) is 4.79 Å². The van der Waals surface area contributed by atoms with Crippen LogP contribution in [0.2, 0.25) is 0 Å². The van der Waals surface area contributed by atoms with Crippen LogP contribution in [0.25, 0.3) is 0 Å². The number of hydrogen-bond acceptors (Lipinski definition) is 3. The zero-order valence-electron chi connectivity index (χ0n) is 13.5. The quantitative estimate of drug-likeness (QED) is 0.875. The first-order valence-corrected chi connectivity index (χ1v) is 8.78. The largest absolute Gasteiger partial charge is 0.347 e. The number of rotatable bonds is 3. The second-order valence-electron chi connectivity index (χ2n) is 6.68. The van der Waals surface area contributed by atoms with E-state index in [9.17, 15) is 4.79 Å². The molecule has 5 nitrogen and oxygen atoms in total. The highest BCUT2D eigenvalue weighted by Crippen LogP contribution is 2.31. The summed E-state index contributed by atoms with van der Waals surface area (Å²) in [5.74, 6) is 0.975. The molecule has 2 aliphatic heterocycles. The summed E-state index contributed by atoms with van der Waals surface area (Å²) < 4.78 is 3.57. The molecule has 1 atom stereocenters. The fraction of sp³-hybridized carbons (Fsp3) is 0.556. The van der Waals surface area contributed by atoms with E-state index in [-0.39, 0.29) is 5.69 Å². The molecule has 23 heavy (non-hydrogen) atoms. The van der Waals surface area contributed by atoms with Gasteiger partial charge in [0.15, 0.2) is 0 Å². The number of fused-ring (bicyclic) bond motifs is 1. The molecule has 0 saturated carbocycles. The van der Waals surface area contributed by atoms with Crippen molar-refractivity contribution in [3.63, 3.8) is 0 Å². The normalized spacial score (nSPS) is 22.0. The maximum Gasteiger partial charge on any atom is 0.347 e. The van der Waals surface area contributed by atoms with Gasteiger partial charge in [-0.05, 0) is 31.2 Å². The summed E-state index contributed by atoms with van der Waals surface area (Å²) in [7, 11) is 0. The molecule has 1 aromatic heterocycles. The van der Waals surface area contributed by atoms with Crippen LogP contribution in [0.4, 0.5) is 0 Å². The van der Waals surface area contributed by atoms with Crippen LogP contribution < -0.4 is 5.69 Å². The molecule has 0 amide bonds. The second-order valence-corrected chi connectivity index (χ2v) is 6.68. The van der Waals surface area contributed by atoms with Gasteiger partial charge in [-0.15, -0.1) is 0 Å². The third kappa shape index (κ3) is 2.85. The van der Waals surface area contributed by atoms with Crippen LogP contribution in [0, 0.1) is 0 Å². The number of nitrogens with zero attached hydrogens (tertiary/aromatic N) is 4. The van der Waals surface area contributed by atoms with Crippen molar-refractivity contribution in [2.75, 3.05) is 6.54 Å². The van der Waals surface area contributed by atoms with Crippen LogP contribution in [0.3, 0.4) is 0 Å². The van der Waals surface area contributed by atoms with Gasteiger partial charge in [-0.1, -0.05) is 36.8 Å². The van der Waals surface area contributed by atoms with Gasteiger partial charge >= 0.3 is 5.69 Å². The molecule has 0 spiro atoms. The van der Waals surface area contributed by atoms with Crippen molar-refractivity contribution < 1.29 is 0 Å². The minimum Gasteiger partial charge on any atom is -0.279 e. The van der Waals surface area contributed by atoms with Gasteiger partial charge < -0.3 is 0 Å². The van der Waals surface area contributed by atoms with Crippen molar-refractivity contribution in [2.45, 2.75) is 57.8 Å². The van der Waals surface area contributed by atoms with Crippen molar-refractivity contribution in [1.82, 2.24) is 19.2 Å². The predicted octanol–water partition coefficient (Wildman–Crippen LogP) is 2.57. The van der Waals surface area contributed by atoms with E-state index in [0.29, 0.717) is 12.7 Å². The molecule has 0 aliphatic carbocycles. The first-order valence-electron chi connectivity index (χ1n) is 8.78. The lowest BCUT2D eigenvalue weighted by Gasteiger charge is -2.24. The Morgan fingerprint density at radius 1 is 1.04 bits per heavy atom. The van der Waals surface area contributed by atoms with Gasteiger partial charge in [-0.3, -0.25) is 9.47 Å². The lowest BCUT2D eigenvalue weighted by atomic mass is 10.1. The van der Waals surface area contributed by atoms with Gasteiger partial charge in [0.1, 0.15) is 5.82 Å². The minimum atomic E-state index is 0.0700. The zero-order chi connectivity index (χ0) is 15.6. The maximum absolute atomic E-state index is 12.6. The van der Waals surface area contributed by atoms with Crippen molar-refractivity contribution in [2.24, 2.45) is 0 Å². The van der Waals surface area contributed by atoms with Crippen molar-refractivity contribution >= 4 is 0 Å². The molecule has 1 aromatic carbocycles. The third-order valence-corrected chi connectivity index (χ3v) is 5.15. The molecule has 4 rings (SSSR count). The Morgan fingerprint density at radius 3 is 2.78 bits per heavy atom. The zero-order valence-corrected chi connectivity index (χ0v) is 13.5. The summed E-state index contributed by atoms with van der Waals surface area (Å²) in [6.07, 6.45) is 6.71. The standard InChI is InChI=1S/C18H24N4O/c23-18-21-13-6-2-5-11-17(21)19-22(18)14-20-12-7-10-16(20)15-8-3-1-4-9-15/h1,3-4,8-9,16H,2,5-7,10-14H2/t16-/m0/s1. The van der Waals surface area contributed by atoms with Crippen LogP contribution in [-0.4, -0.2) is 25.8 Å². The van der Waals surface area contributed by atoms with Crippen LogP contribution in [0.5, 0.6) is 0 Å². The number of aromatic nitrogens is 3. The van der Waals surface area contributed by atoms with Gasteiger partial charge in [0.2, 0.25) is 0 Å². The Balaban J connectivity index is 1.57. The Kier molecular flexibility index (Phi) is 4.04. The van der Waals surface area contributed by atoms with E-state index in [1.807, 2.05) is 4.57 Å². The molecule has 1 saturated heterocycles. The molecule has 2 aromatic rings. The van der Waals surface area contributed by atoms with E-state index in [2.05, 4.69) is 40.3 Å². The van der Waals surface area contributed by atoms with Gasteiger partial charge in [0, 0.05) is 25.6 Å². The van der Waals surface area contributed by atoms with E-state index < -0.39 is 0 Å². The summed E-state index contributed by atoms with van der Waals surface area (Å²) in [5, 5.41) is 4.63. The fourth-order valence-corrected chi connectivity index (χ4v) is 3.94. The maximum atomic E-state index is 12.6. The molecule has 0 bridgehead atoms. The van der Waals surface area contributed by atoms with Crippen molar-refractivity contribution in [3.05, 3.63) is 52.2 Å². The van der Waals surface area contributed by atoms with Crippen LogP contribution in [-0.2, 0) is 19.6 Å². The SMILES string of the molecule is O=c1n(CN2CCC[C@H]2c2ccccc2)nc2n1CCCCC2. The highest BCUT2D eigenvalue weighted by molar-refractivity contribution is 5.19. The summed E-state index contributed by atoms with van der Waals surface area (Å²) in [6, 6.07) is 11.0. The Labute approximate surface area is 136 Å². The number of aryl methyl sites for hydroxylation is 1. The topological polar surface area (TPSA) is 43.1 Å². The predicted molar refractivity (Wildman–Crippen MR) is 89.2 cm³/mol. The van der Waals surface area contributed by atoms with E-state index in [4.69, 9.17) is 0 Å². The van der Waals surface area contributed by atoms with Crippen LogP contribution >= 0.6 is 0 Å². The van der Waals surface area contributed by atoms with Crippen LogP contribution in [0.15, 0.2) is 35.1 Å². The highest BCUT2D eigenvalue weighted by atomic mass is 16.2. The average molecular weight is 312 g/mol. The average Bonchev–Trinajstić information content (AvgIpc) is 3.06. The van der Waals surface area contributed by atoms with E-state index in [1.54, 1.807) is 4.68 Å². The summed E-state index contributed by atoms with van der Waals surface area (Å²) >= 11 is 0. The third-order valence-electron chi connectivity index (χ3n) is 5.15. The van der Waals surface area contributed by atoms with Crippen molar-refractivity contribution in [1.29, 1.82) is 0 Å². The molecular formula is C18H24N4O. The monoisotopic (exact) mass is 312 g/mol. The minimum absolute atomic E-state index is 0.0700. The number of likely N-dealkylation sites (tertiary alicyclic amines) is 1. The molecule has 0 N–H and O–H groups in total. The lowest BCUT2D eigenvalue weighted by Crippen LogP contribution is -2.33. The second kappa shape index (κ2) is 6.32. The molecule has 5 heteroatoms. The van der Waals surface area contributed by atoms with E-state index in [1.165, 1.54) is 18.4 Å². The smallest absolute Gasteiger partial charge is 0.279 e. The Morgan fingerprint density at radius 2 is 1.91 bits per heavy atom. The Bertz CT molecular complexity index is 718. The summed E-state index contributed by atoms with van der Waals surface area (Å²) in [6.45, 7) is 2.48. The first-order chi connectivity index (χ1) is 11.3. The van der Waals surface area contributed by atoms with Crippen molar-refractivity contribution in [3.8, 4) is 0 Å². The molecular weight excluding hydrogens is 288 g/mol. The fourth-order valence-electron chi connectivity index (χ4n) is 3.94. The van der Waals surface area contributed by atoms with E-state index in [0.717, 1.165) is 44.6 Å². The Hall–Kier alpha value is -1.88.